The van der Waals surface area contributed by atoms with Crippen LogP contribution in [0.15, 0.2) is 0 Å². The number of nitrogens with zero attached hydrogens (tertiary/aromatic N) is 2. The van der Waals surface area contributed by atoms with Gasteiger partial charge in [-0.2, -0.15) is 13.2 Å². The van der Waals surface area contributed by atoms with Crippen molar-refractivity contribution in [3.05, 3.63) is 0 Å². The molecule has 0 saturated carbocycles. The summed E-state index contributed by atoms with van der Waals surface area (Å²) in [4.78, 5) is 3.93. The first-order valence-corrected chi connectivity index (χ1v) is 5.74. The van der Waals surface area contributed by atoms with E-state index >= 15 is 0 Å². The van der Waals surface area contributed by atoms with Crippen molar-refractivity contribution < 1.29 is 13.2 Å². The van der Waals surface area contributed by atoms with Gasteiger partial charge in [0.2, 0.25) is 0 Å². The Morgan fingerprint density at radius 3 is 2.06 bits per heavy atom. The highest BCUT2D eigenvalue weighted by Crippen LogP contribution is 2.36. The van der Waals surface area contributed by atoms with Crippen LogP contribution in [0.5, 0.6) is 0 Å². The molecule has 2 fully saturated rings. The molecule has 2 bridgehead atoms. The second-order valence-corrected chi connectivity index (χ2v) is 5.91. The first-order chi connectivity index (χ1) is 7.17. The molecule has 0 amide bonds. The first kappa shape index (κ1) is 12.2. The van der Waals surface area contributed by atoms with Crippen molar-refractivity contribution in [2.45, 2.75) is 51.0 Å². The van der Waals surface area contributed by atoms with Crippen LogP contribution >= 0.6 is 0 Å². The molecule has 2 aliphatic rings. The third kappa shape index (κ3) is 2.35. The molecule has 0 N–H and O–H groups in total. The second-order valence-electron chi connectivity index (χ2n) is 5.91. The maximum absolute atomic E-state index is 12.3. The average Bonchev–Trinajstić information content (AvgIpc) is 2.56. The van der Waals surface area contributed by atoms with Crippen molar-refractivity contribution in [3.8, 4) is 0 Å². The molecule has 94 valence electrons. The van der Waals surface area contributed by atoms with Crippen LogP contribution in [-0.4, -0.2) is 53.2 Å². The van der Waals surface area contributed by atoms with Gasteiger partial charge in [-0.05, 0) is 27.2 Å². The SMILES string of the molecule is CC(C)(C)N1C[C@@H]2C[C@H]1CN2CC(F)(F)F. The van der Waals surface area contributed by atoms with Gasteiger partial charge in [0.05, 0.1) is 6.54 Å². The second kappa shape index (κ2) is 3.60. The highest BCUT2D eigenvalue weighted by atomic mass is 19.4. The molecule has 0 unspecified atom stereocenters. The Morgan fingerprint density at radius 1 is 1.06 bits per heavy atom. The van der Waals surface area contributed by atoms with Crippen LogP contribution in [0.25, 0.3) is 0 Å². The predicted octanol–water partition coefficient (Wildman–Crippen LogP) is 2.11. The van der Waals surface area contributed by atoms with Gasteiger partial charge < -0.3 is 0 Å². The monoisotopic (exact) mass is 236 g/mol. The lowest BCUT2D eigenvalue weighted by Crippen LogP contribution is -2.54. The summed E-state index contributed by atoms with van der Waals surface area (Å²) >= 11 is 0. The molecular formula is C11H19F3N2. The van der Waals surface area contributed by atoms with Crippen molar-refractivity contribution in [2.75, 3.05) is 19.6 Å². The van der Waals surface area contributed by atoms with E-state index in [1.165, 1.54) is 0 Å². The standard InChI is InChI=1S/C11H19F3N2/c1-10(2,3)16-6-8-4-9(16)5-15(8)7-11(12,13)14/h8-9H,4-7H2,1-3H3/t8-,9-/m0/s1. The first-order valence-electron chi connectivity index (χ1n) is 5.74. The van der Waals surface area contributed by atoms with Gasteiger partial charge in [0, 0.05) is 30.7 Å². The van der Waals surface area contributed by atoms with E-state index in [-0.39, 0.29) is 11.6 Å². The van der Waals surface area contributed by atoms with Crippen LogP contribution in [0.3, 0.4) is 0 Å². The topological polar surface area (TPSA) is 6.48 Å². The van der Waals surface area contributed by atoms with Gasteiger partial charge in [-0.15, -0.1) is 0 Å². The predicted molar refractivity (Wildman–Crippen MR) is 56.3 cm³/mol. The van der Waals surface area contributed by atoms with Gasteiger partial charge in [0.15, 0.2) is 0 Å². The lowest BCUT2D eigenvalue weighted by molar-refractivity contribution is -0.151. The van der Waals surface area contributed by atoms with Crippen LogP contribution in [0, 0.1) is 0 Å². The van der Waals surface area contributed by atoms with E-state index in [4.69, 9.17) is 0 Å². The molecule has 2 aliphatic heterocycles. The lowest BCUT2D eigenvalue weighted by atomic mass is 10.0. The van der Waals surface area contributed by atoms with Crippen molar-refractivity contribution in [2.24, 2.45) is 0 Å². The summed E-state index contributed by atoms with van der Waals surface area (Å²) in [5.74, 6) is 0. The summed E-state index contributed by atoms with van der Waals surface area (Å²) in [5.41, 5.74) is 0.0732. The zero-order chi connectivity index (χ0) is 12.1. The summed E-state index contributed by atoms with van der Waals surface area (Å²) in [6.07, 6.45) is -3.16. The smallest absolute Gasteiger partial charge is 0.293 e. The number of alkyl halides is 3. The van der Waals surface area contributed by atoms with E-state index < -0.39 is 12.7 Å². The average molecular weight is 236 g/mol. The minimum Gasteiger partial charge on any atom is -0.293 e. The van der Waals surface area contributed by atoms with Gasteiger partial charge >= 0.3 is 6.18 Å². The van der Waals surface area contributed by atoms with E-state index in [1.807, 2.05) is 0 Å². The zero-order valence-corrected chi connectivity index (χ0v) is 10.0. The lowest BCUT2D eigenvalue weighted by Gasteiger charge is -2.42. The molecule has 0 aromatic rings. The zero-order valence-electron chi connectivity index (χ0n) is 10.0. The number of fused-ring (bicyclic) bond motifs is 2. The Kier molecular flexibility index (Phi) is 2.74. The summed E-state index contributed by atoms with van der Waals surface area (Å²) in [7, 11) is 0. The number of hydrogen-bond donors (Lipinski definition) is 0. The van der Waals surface area contributed by atoms with E-state index in [9.17, 15) is 13.2 Å². The fourth-order valence-electron chi connectivity index (χ4n) is 2.99. The van der Waals surface area contributed by atoms with Crippen LogP contribution in [0.2, 0.25) is 0 Å². The number of rotatable bonds is 1. The van der Waals surface area contributed by atoms with E-state index in [0.29, 0.717) is 12.6 Å². The van der Waals surface area contributed by atoms with Gasteiger partial charge in [-0.1, -0.05) is 0 Å². The van der Waals surface area contributed by atoms with Crippen molar-refractivity contribution in [3.63, 3.8) is 0 Å². The van der Waals surface area contributed by atoms with Crippen molar-refractivity contribution in [1.82, 2.24) is 9.80 Å². The van der Waals surface area contributed by atoms with E-state index in [0.717, 1.165) is 13.0 Å². The van der Waals surface area contributed by atoms with Gasteiger partial charge in [0.25, 0.3) is 0 Å². The number of hydrogen-bond acceptors (Lipinski definition) is 2. The van der Waals surface area contributed by atoms with Gasteiger partial charge in [-0.3, -0.25) is 9.80 Å². The molecule has 0 aromatic heterocycles. The minimum atomic E-state index is -4.06. The molecule has 2 atom stereocenters. The Bertz CT molecular complexity index is 269. The normalized spacial score (nSPS) is 32.6. The third-order valence-corrected chi connectivity index (χ3v) is 3.60. The molecule has 2 heterocycles. The highest BCUT2D eigenvalue weighted by molar-refractivity contribution is 5.03. The Balaban J connectivity index is 1.96. The van der Waals surface area contributed by atoms with E-state index in [2.05, 4.69) is 25.7 Å². The summed E-state index contributed by atoms with van der Waals surface area (Å²) in [6, 6.07) is 0.415. The molecule has 0 spiro atoms. The molecule has 5 heteroatoms. The molecule has 2 saturated heterocycles. The number of likely N-dealkylation sites (tertiary alicyclic amines) is 2. The van der Waals surface area contributed by atoms with Gasteiger partial charge in [0.1, 0.15) is 0 Å². The summed E-state index contributed by atoms with van der Waals surface area (Å²) in [5, 5.41) is 0. The largest absolute Gasteiger partial charge is 0.401 e. The Morgan fingerprint density at radius 2 is 1.69 bits per heavy atom. The maximum atomic E-state index is 12.3. The molecule has 2 rings (SSSR count). The van der Waals surface area contributed by atoms with Crippen LogP contribution in [0.1, 0.15) is 27.2 Å². The summed E-state index contributed by atoms with van der Waals surface area (Å²) in [6.45, 7) is 6.99. The number of halogens is 3. The number of piperazine rings is 1. The molecule has 16 heavy (non-hydrogen) atoms. The van der Waals surface area contributed by atoms with E-state index in [1.54, 1.807) is 4.90 Å². The molecule has 0 aromatic carbocycles. The highest BCUT2D eigenvalue weighted by Gasteiger charge is 2.49. The summed E-state index contributed by atoms with van der Waals surface area (Å²) < 4.78 is 36.9. The fraction of sp³-hybridized carbons (Fsp3) is 1.00. The van der Waals surface area contributed by atoms with Crippen molar-refractivity contribution >= 4 is 0 Å². The van der Waals surface area contributed by atoms with Crippen LogP contribution in [-0.2, 0) is 0 Å². The van der Waals surface area contributed by atoms with Crippen LogP contribution in [0.4, 0.5) is 13.2 Å². The quantitative estimate of drug-likeness (QED) is 0.688. The Hall–Kier alpha value is -0.290. The molecule has 0 aliphatic carbocycles. The molecule has 0 radical (unpaired) electrons. The van der Waals surface area contributed by atoms with Crippen LogP contribution < -0.4 is 0 Å². The fourth-order valence-corrected chi connectivity index (χ4v) is 2.99. The Labute approximate surface area is 94.4 Å². The molecular weight excluding hydrogens is 217 g/mol. The van der Waals surface area contributed by atoms with Gasteiger partial charge in [-0.25, -0.2) is 0 Å². The minimum absolute atomic E-state index is 0.0732. The third-order valence-electron chi connectivity index (χ3n) is 3.60. The van der Waals surface area contributed by atoms with Crippen molar-refractivity contribution in [1.29, 1.82) is 0 Å². The molecule has 2 nitrogen and oxygen atoms in total. The maximum Gasteiger partial charge on any atom is 0.401 e.